The number of sulfonamides is 1. The zero-order valence-electron chi connectivity index (χ0n) is 17.3. The van der Waals surface area contributed by atoms with E-state index in [1.165, 1.54) is 32.1 Å². The smallest absolute Gasteiger partial charge is 0.265 e. The number of rotatable bonds is 9. The molecule has 0 heterocycles. The van der Waals surface area contributed by atoms with Gasteiger partial charge in [0.2, 0.25) is 5.91 Å². The number of methoxy groups -OCH3 is 1. The van der Waals surface area contributed by atoms with Crippen molar-refractivity contribution >= 4 is 27.3 Å². The largest absolute Gasteiger partial charge is 0.495 e. The summed E-state index contributed by atoms with van der Waals surface area (Å²) in [7, 11) is -2.52. The molecule has 1 amide bonds. The maximum absolute atomic E-state index is 13.0. The van der Waals surface area contributed by atoms with E-state index >= 15 is 0 Å². The van der Waals surface area contributed by atoms with E-state index in [0.717, 1.165) is 12.8 Å². The van der Waals surface area contributed by atoms with Crippen molar-refractivity contribution < 1.29 is 22.7 Å². The van der Waals surface area contributed by atoms with E-state index in [1.54, 1.807) is 30.3 Å². The molecule has 3 rings (SSSR count). The Balaban J connectivity index is 1.76. The summed E-state index contributed by atoms with van der Waals surface area (Å²) in [6.07, 6.45) is 4.93. The van der Waals surface area contributed by atoms with E-state index in [-0.39, 0.29) is 16.6 Å². The van der Waals surface area contributed by atoms with E-state index in [0.29, 0.717) is 36.1 Å². The lowest BCUT2D eigenvalue weighted by atomic mass is 10.0. The molecule has 0 radical (unpaired) electrons. The fourth-order valence-electron chi connectivity index (χ4n) is 3.65. The van der Waals surface area contributed by atoms with Gasteiger partial charge in [0.05, 0.1) is 13.7 Å². The lowest BCUT2D eigenvalue weighted by Gasteiger charge is -2.15. The van der Waals surface area contributed by atoms with Gasteiger partial charge in [-0.15, -0.1) is 0 Å². The van der Waals surface area contributed by atoms with Crippen LogP contribution in [0.2, 0.25) is 0 Å². The average molecular weight is 433 g/mol. The Kier molecular flexibility index (Phi) is 7.20. The van der Waals surface area contributed by atoms with Crippen LogP contribution in [0, 0.1) is 5.92 Å². The quantitative estimate of drug-likeness (QED) is 0.612. The minimum atomic E-state index is -3.93. The van der Waals surface area contributed by atoms with Gasteiger partial charge in [-0.25, -0.2) is 8.42 Å². The number of anilines is 2. The van der Waals surface area contributed by atoms with E-state index in [1.807, 2.05) is 6.92 Å². The van der Waals surface area contributed by atoms with Crippen LogP contribution in [0.3, 0.4) is 0 Å². The highest BCUT2D eigenvalue weighted by molar-refractivity contribution is 7.92. The predicted octanol–water partition coefficient (Wildman–Crippen LogP) is 4.41. The fraction of sp³-hybridized carbons (Fsp3) is 0.409. The summed E-state index contributed by atoms with van der Waals surface area (Å²) in [5, 5.41) is 2.81. The highest BCUT2D eigenvalue weighted by atomic mass is 32.2. The molecule has 1 aliphatic carbocycles. The third-order valence-electron chi connectivity index (χ3n) is 5.10. The minimum Gasteiger partial charge on any atom is -0.495 e. The summed E-state index contributed by atoms with van der Waals surface area (Å²) in [4.78, 5) is 12.3. The topological polar surface area (TPSA) is 93.7 Å². The second-order valence-corrected chi connectivity index (χ2v) is 8.98. The molecule has 8 heteroatoms. The van der Waals surface area contributed by atoms with Gasteiger partial charge < -0.3 is 14.8 Å². The van der Waals surface area contributed by atoms with Crippen LogP contribution in [0.25, 0.3) is 0 Å². The molecule has 0 bridgehead atoms. The molecular weight excluding hydrogens is 404 g/mol. The Morgan fingerprint density at radius 2 is 1.73 bits per heavy atom. The molecule has 1 saturated carbocycles. The lowest BCUT2D eigenvalue weighted by Crippen LogP contribution is -2.17. The number of ether oxygens (including phenoxy) is 2. The van der Waals surface area contributed by atoms with Gasteiger partial charge in [0, 0.05) is 17.8 Å². The standard InChI is InChI=1S/C22H28N2O5S/c1-3-29-19-11-8-17(9-12-19)24-30(26,27)21-15-18(10-13-20(21)28-2)23-22(25)14-16-6-4-5-7-16/h8-13,15-16,24H,3-7,14H2,1-2H3,(H,23,25). The maximum Gasteiger partial charge on any atom is 0.265 e. The predicted molar refractivity (Wildman–Crippen MR) is 117 cm³/mol. The molecule has 30 heavy (non-hydrogen) atoms. The van der Waals surface area contributed by atoms with Crippen molar-refractivity contribution in [2.45, 2.75) is 43.9 Å². The second-order valence-electron chi connectivity index (χ2n) is 7.33. The van der Waals surface area contributed by atoms with Crippen molar-refractivity contribution in [2.24, 2.45) is 5.92 Å². The Morgan fingerprint density at radius 3 is 2.37 bits per heavy atom. The van der Waals surface area contributed by atoms with Crippen LogP contribution >= 0.6 is 0 Å². The van der Waals surface area contributed by atoms with E-state index in [2.05, 4.69) is 10.0 Å². The minimum absolute atomic E-state index is 0.0439. The zero-order valence-corrected chi connectivity index (χ0v) is 18.1. The third kappa shape index (κ3) is 5.66. The average Bonchev–Trinajstić information content (AvgIpc) is 3.22. The SMILES string of the molecule is CCOc1ccc(NS(=O)(=O)c2cc(NC(=O)CC3CCCC3)ccc2OC)cc1. The van der Waals surface area contributed by atoms with Gasteiger partial charge in [0.1, 0.15) is 16.4 Å². The molecular formula is C22H28N2O5S. The molecule has 0 unspecified atom stereocenters. The van der Waals surface area contributed by atoms with Crippen molar-refractivity contribution in [3.05, 3.63) is 42.5 Å². The van der Waals surface area contributed by atoms with Crippen LogP contribution in [-0.2, 0) is 14.8 Å². The molecule has 1 aliphatic rings. The second kappa shape index (κ2) is 9.84. The van der Waals surface area contributed by atoms with Crippen LogP contribution in [0.15, 0.2) is 47.4 Å². The van der Waals surface area contributed by atoms with Gasteiger partial charge in [0.25, 0.3) is 10.0 Å². The van der Waals surface area contributed by atoms with Gasteiger partial charge in [-0.1, -0.05) is 12.8 Å². The van der Waals surface area contributed by atoms with Gasteiger partial charge in [0.15, 0.2) is 0 Å². The van der Waals surface area contributed by atoms with Gasteiger partial charge in [-0.2, -0.15) is 0 Å². The number of nitrogens with one attached hydrogen (secondary N) is 2. The van der Waals surface area contributed by atoms with Crippen molar-refractivity contribution in [1.29, 1.82) is 0 Å². The summed E-state index contributed by atoms with van der Waals surface area (Å²) in [6.45, 7) is 2.41. The zero-order chi connectivity index (χ0) is 21.6. The summed E-state index contributed by atoms with van der Waals surface area (Å²) < 4.78 is 39.1. The van der Waals surface area contributed by atoms with Crippen LogP contribution in [0.1, 0.15) is 39.0 Å². The van der Waals surface area contributed by atoms with E-state index in [4.69, 9.17) is 9.47 Å². The molecule has 0 spiro atoms. The third-order valence-corrected chi connectivity index (χ3v) is 6.51. The van der Waals surface area contributed by atoms with Gasteiger partial charge >= 0.3 is 0 Å². The molecule has 7 nitrogen and oxygen atoms in total. The Morgan fingerprint density at radius 1 is 1.07 bits per heavy atom. The number of amides is 1. The van der Waals surface area contributed by atoms with Crippen molar-refractivity contribution in [1.82, 2.24) is 0 Å². The summed E-state index contributed by atoms with van der Waals surface area (Å²) in [5.41, 5.74) is 0.821. The van der Waals surface area contributed by atoms with Gasteiger partial charge in [-0.05, 0) is 68.1 Å². The molecule has 0 aliphatic heterocycles. The Hall–Kier alpha value is -2.74. The lowest BCUT2D eigenvalue weighted by molar-refractivity contribution is -0.117. The first-order chi connectivity index (χ1) is 14.4. The maximum atomic E-state index is 13.0. The molecule has 2 N–H and O–H groups in total. The first-order valence-corrected chi connectivity index (χ1v) is 11.6. The fourth-order valence-corrected chi connectivity index (χ4v) is 4.90. The number of carbonyl (C=O) groups is 1. The molecule has 2 aromatic rings. The van der Waals surface area contributed by atoms with E-state index < -0.39 is 10.0 Å². The van der Waals surface area contributed by atoms with Crippen LogP contribution in [-0.4, -0.2) is 28.0 Å². The number of hydrogen-bond acceptors (Lipinski definition) is 5. The number of hydrogen-bond donors (Lipinski definition) is 2. The number of carbonyl (C=O) groups excluding carboxylic acids is 1. The molecule has 2 aromatic carbocycles. The van der Waals surface area contributed by atoms with Crippen molar-refractivity contribution in [2.75, 3.05) is 23.8 Å². The molecule has 162 valence electrons. The summed E-state index contributed by atoms with van der Waals surface area (Å²) in [5.74, 6) is 1.16. The first kappa shape index (κ1) is 22.0. The van der Waals surface area contributed by atoms with Crippen LogP contribution in [0.4, 0.5) is 11.4 Å². The number of benzene rings is 2. The molecule has 0 aromatic heterocycles. The Labute approximate surface area is 177 Å². The molecule has 0 saturated heterocycles. The summed E-state index contributed by atoms with van der Waals surface area (Å²) >= 11 is 0. The van der Waals surface area contributed by atoms with Crippen LogP contribution in [0.5, 0.6) is 11.5 Å². The molecule has 0 atom stereocenters. The van der Waals surface area contributed by atoms with Gasteiger partial charge in [-0.3, -0.25) is 9.52 Å². The normalized spacial score (nSPS) is 14.3. The van der Waals surface area contributed by atoms with Crippen LogP contribution < -0.4 is 19.5 Å². The highest BCUT2D eigenvalue weighted by Gasteiger charge is 2.22. The highest BCUT2D eigenvalue weighted by Crippen LogP contribution is 2.31. The monoisotopic (exact) mass is 432 g/mol. The molecule has 1 fully saturated rings. The first-order valence-electron chi connectivity index (χ1n) is 10.1. The Bertz CT molecular complexity index is 968. The van der Waals surface area contributed by atoms with Crippen molar-refractivity contribution in [3.8, 4) is 11.5 Å². The van der Waals surface area contributed by atoms with E-state index in [9.17, 15) is 13.2 Å². The van der Waals surface area contributed by atoms with Crippen molar-refractivity contribution in [3.63, 3.8) is 0 Å². The summed E-state index contributed by atoms with van der Waals surface area (Å²) in [6, 6.07) is 11.2.